The van der Waals surface area contributed by atoms with Crippen LogP contribution >= 0.6 is 11.8 Å². The predicted molar refractivity (Wildman–Crippen MR) is 209 cm³/mol. The van der Waals surface area contributed by atoms with Gasteiger partial charge in [-0.05, 0) is 59.9 Å². The zero-order valence-electron chi connectivity index (χ0n) is 30.4. The predicted octanol–water partition coefficient (Wildman–Crippen LogP) is 6.37. The maximum atomic E-state index is 13.6. The number of aromatic carboxylic acids is 1. The summed E-state index contributed by atoms with van der Waals surface area (Å²) in [5, 5.41) is 22.6. The molecule has 4 aromatic carbocycles. The number of aromatic nitrogens is 1. The fourth-order valence-electron chi connectivity index (χ4n) is 6.25. The molecule has 6 rings (SSSR count). The van der Waals surface area contributed by atoms with Gasteiger partial charge in [0.25, 0.3) is 0 Å². The lowest BCUT2D eigenvalue weighted by atomic mass is 9.91. The standard InChI is InChI=1S/C42H43N3O8S2/c1-27-10-20-34(21-11-27)55(50,51)45-36(23-29-7-4-3-5-8-29)39(47)44-24-30-12-18-33(19-13-30)42-52-37(26-54-40-35(41(48)49)9-6-22-43-40)28(2)38(53-42)32-16-14-31(25-46)15-17-32/h3-22,28,36-38,42,45-46H,23-26H2,1-2H3,(H,44,47)(H,48,49)/t28-,36+,37+,38+,42?/m0/s1. The molecule has 0 radical (unpaired) electrons. The number of aliphatic hydroxyl groups excluding tert-OH is 1. The number of ether oxygens (including phenoxy) is 2. The number of sulfonamides is 1. The van der Waals surface area contributed by atoms with E-state index in [1.165, 1.54) is 30.0 Å². The topological polar surface area (TPSA) is 164 Å². The molecule has 5 atom stereocenters. The summed E-state index contributed by atoms with van der Waals surface area (Å²) in [5.74, 6) is -1.22. The zero-order chi connectivity index (χ0) is 39.0. The number of amides is 1. The Bertz CT molecular complexity index is 2170. The Morgan fingerprint density at radius 1 is 0.836 bits per heavy atom. The number of carboxylic acids is 1. The van der Waals surface area contributed by atoms with Crippen LogP contribution in [0.5, 0.6) is 0 Å². The summed E-state index contributed by atoms with van der Waals surface area (Å²) in [5.41, 5.74) is 5.07. The van der Waals surface area contributed by atoms with Gasteiger partial charge in [-0.3, -0.25) is 4.79 Å². The summed E-state index contributed by atoms with van der Waals surface area (Å²) in [6, 6.07) is 32.7. The molecule has 2 heterocycles. The summed E-state index contributed by atoms with van der Waals surface area (Å²) in [4.78, 5) is 29.8. The highest BCUT2D eigenvalue weighted by Gasteiger charge is 2.38. The number of nitrogens with one attached hydrogen (secondary N) is 2. The lowest BCUT2D eigenvalue weighted by Gasteiger charge is -2.41. The minimum atomic E-state index is -3.99. The van der Waals surface area contributed by atoms with Gasteiger partial charge in [0.2, 0.25) is 15.9 Å². The van der Waals surface area contributed by atoms with Gasteiger partial charge in [0.05, 0.1) is 29.3 Å². The molecule has 0 aliphatic carbocycles. The molecule has 13 heteroatoms. The summed E-state index contributed by atoms with van der Waals surface area (Å²) >= 11 is 1.31. The van der Waals surface area contributed by atoms with Crippen LogP contribution in [-0.2, 0) is 43.9 Å². The highest BCUT2D eigenvalue weighted by molar-refractivity contribution is 7.99. The monoisotopic (exact) mass is 781 g/mol. The molecule has 55 heavy (non-hydrogen) atoms. The SMILES string of the molecule is Cc1ccc(S(=O)(=O)N[C@H](Cc2ccccc2)C(=O)NCc2ccc(C3O[C@H](CSc4ncccc4C(=O)O)[C@H](C)[C@H](c4ccc(CO)cc4)O3)cc2)cc1. The molecule has 4 N–H and O–H groups in total. The number of carboxylic acid groups (broad SMARTS) is 1. The molecule has 1 amide bonds. The van der Waals surface area contributed by atoms with Crippen LogP contribution in [0.15, 0.2) is 131 Å². The Balaban J connectivity index is 1.16. The van der Waals surface area contributed by atoms with E-state index in [0.717, 1.165) is 33.4 Å². The molecule has 0 bridgehead atoms. The van der Waals surface area contributed by atoms with Crippen molar-refractivity contribution in [3.63, 3.8) is 0 Å². The van der Waals surface area contributed by atoms with E-state index in [9.17, 15) is 28.2 Å². The molecule has 286 valence electrons. The number of nitrogens with zero attached hydrogens (tertiary/aromatic N) is 1. The lowest BCUT2D eigenvalue weighted by molar-refractivity contribution is -0.268. The van der Waals surface area contributed by atoms with E-state index in [1.54, 1.807) is 24.4 Å². The first-order valence-electron chi connectivity index (χ1n) is 17.8. The summed E-state index contributed by atoms with van der Waals surface area (Å²) in [7, 11) is -3.99. The van der Waals surface area contributed by atoms with Gasteiger partial charge in [-0.2, -0.15) is 4.72 Å². The van der Waals surface area contributed by atoms with Gasteiger partial charge >= 0.3 is 5.97 Å². The maximum absolute atomic E-state index is 13.6. The van der Waals surface area contributed by atoms with Crippen molar-refractivity contribution in [3.05, 3.63) is 160 Å². The molecule has 1 aliphatic heterocycles. The molecule has 0 spiro atoms. The van der Waals surface area contributed by atoms with Crippen molar-refractivity contribution in [3.8, 4) is 0 Å². The second kappa shape index (κ2) is 18.2. The summed E-state index contributed by atoms with van der Waals surface area (Å²) in [6.07, 6.45) is 0.242. The van der Waals surface area contributed by atoms with Crippen LogP contribution < -0.4 is 10.0 Å². The van der Waals surface area contributed by atoms with Gasteiger partial charge in [0, 0.05) is 30.0 Å². The Morgan fingerprint density at radius 2 is 1.51 bits per heavy atom. The quantitative estimate of drug-likeness (QED) is 0.0878. The van der Waals surface area contributed by atoms with Crippen molar-refractivity contribution < 1.29 is 37.7 Å². The van der Waals surface area contributed by atoms with Crippen molar-refractivity contribution >= 4 is 33.7 Å². The molecule has 1 saturated heterocycles. The van der Waals surface area contributed by atoms with E-state index in [1.807, 2.05) is 92.7 Å². The highest BCUT2D eigenvalue weighted by atomic mass is 32.2. The Kier molecular flexibility index (Phi) is 13.1. The number of hydrogen-bond acceptors (Lipinski definition) is 9. The van der Waals surface area contributed by atoms with Crippen molar-refractivity contribution in [1.82, 2.24) is 15.0 Å². The largest absolute Gasteiger partial charge is 0.478 e. The third-order valence-corrected chi connectivity index (χ3v) is 12.0. The zero-order valence-corrected chi connectivity index (χ0v) is 32.0. The molecule has 5 aromatic rings. The van der Waals surface area contributed by atoms with Crippen molar-refractivity contribution in [2.75, 3.05) is 5.75 Å². The number of rotatable bonds is 15. The van der Waals surface area contributed by atoms with Gasteiger partial charge in [0.15, 0.2) is 6.29 Å². The van der Waals surface area contributed by atoms with Crippen molar-refractivity contribution in [2.24, 2.45) is 5.92 Å². The van der Waals surface area contributed by atoms with E-state index in [2.05, 4.69) is 15.0 Å². The minimum Gasteiger partial charge on any atom is -0.478 e. The maximum Gasteiger partial charge on any atom is 0.338 e. The third-order valence-electron chi connectivity index (χ3n) is 9.46. The first-order chi connectivity index (χ1) is 26.5. The second-order valence-corrected chi connectivity index (χ2v) is 16.2. The van der Waals surface area contributed by atoms with Gasteiger partial charge in [-0.25, -0.2) is 18.2 Å². The van der Waals surface area contributed by atoms with Gasteiger partial charge in [0.1, 0.15) is 11.1 Å². The van der Waals surface area contributed by atoms with E-state index >= 15 is 0 Å². The van der Waals surface area contributed by atoms with Gasteiger partial charge in [-0.1, -0.05) is 103 Å². The van der Waals surface area contributed by atoms with Crippen LogP contribution in [0.25, 0.3) is 0 Å². The lowest BCUT2D eigenvalue weighted by Crippen LogP contribution is -2.47. The van der Waals surface area contributed by atoms with E-state index in [-0.39, 0.29) is 48.2 Å². The minimum absolute atomic E-state index is 0.0769. The molecule has 1 unspecified atom stereocenters. The Labute approximate surface area is 325 Å². The normalized spacial score (nSPS) is 19.0. The number of benzene rings is 4. The number of aryl methyl sites for hydroxylation is 1. The number of aliphatic hydroxyl groups is 1. The average molecular weight is 782 g/mol. The van der Waals surface area contributed by atoms with Crippen LogP contribution in [0.2, 0.25) is 0 Å². The molecule has 1 fully saturated rings. The molecule has 1 aliphatic rings. The fourth-order valence-corrected chi connectivity index (χ4v) is 8.60. The highest BCUT2D eigenvalue weighted by Crippen LogP contribution is 2.43. The molecule has 11 nitrogen and oxygen atoms in total. The van der Waals surface area contributed by atoms with Gasteiger partial charge in [-0.15, -0.1) is 11.8 Å². The Hall–Kier alpha value is -4.89. The number of carbonyl (C=O) groups excluding carboxylic acids is 1. The van der Waals surface area contributed by atoms with Crippen molar-refractivity contribution in [2.45, 2.75) is 67.9 Å². The summed E-state index contributed by atoms with van der Waals surface area (Å²) < 4.78 is 42.3. The fraction of sp³-hybridized carbons (Fsp3) is 0.262. The van der Waals surface area contributed by atoms with Crippen LogP contribution in [0.1, 0.15) is 63.1 Å². The number of hydrogen-bond donors (Lipinski definition) is 4. The Morgan fingerprint density at radius 3 is 2.18 bits per heavy atom. The van der Waals surface area contributed by atoms with E-state index in [4.69, 9.17) is 9.47 Å². The van der Waals surface area contributed by atoms with Crippen LogP contribution in [0.3, 0.4) is 0 Å². The average Bonchev–Trinajstić information content (AvgIpc) is 3.20. The third kappa shape index (κ3) is 10.3. The second-order valence-electron chi connectivity index (χ2n) is 13.4. The first-order valence-corrected chi connectivity index (χ1v) is 20.3. The number of thioether (sulfide) groups is 1. The number of carbonyl (C=O) groups is 2. The molecular formula is C42H43N3O8S2. The van der Waals surface area contributed by atoms with Crippen LogP contribution in [0.4, 0.5) is 0 Å². The number of pyridine rings is 1. The van der Waals surface area contributed by atoms with Gasteiger partial charge < -0.3 is 25.0 Å². The smallest absolute Gasteiger partial charge is 0.338 e. The summed E-state index contributed by atoms with van der Waals surface area (Å²) in [6.45, 7) is 3.97. The van der Waals surface area contributed by atoms with E-state index < -0.39 is 34.2 Å². The van der Waals surface area contributed by atoms with E-state index in [0.29, 0.717) is 10.8 Å². The van der Waals surface area contributed by atoms with Crippen LogP contribution in [0, 0.1) is 12.8 Å². The molecule has 0 saturated carbocycles. The molecule has 1 aromatic heterocycles. The first kappa shape index (κ1) is 39.8. The molecular weight excluding hydrogens is 739 g/mol. The van der Waals surface area contributed by atoms with Crippen molar-refractivity contribution in [1.29, 1.82) is 0 Å². The van der Waals surface area contributed by atoms with Crippen LogP contribution in [-0.4, -0.2) is 53.4 Å².